The lowest BCUT2D eigenvalue weighted by Gasteiger charge is -2.31. The third-order valence-corrected chi connectivity index (χ3v) is 12.0. The highest BCUT2D eigenvalue weighted by atomic mass is 16.6. The number of carbonyl (C=O) groups excluding carboxylic acids is 4. The van der Waals surface area contributed by atoms with Crippen LogP contribution in [0.3, 0.4) is 0 Å². The highest BCUT2D eigenvalue weighted by Crippen LogP contribution is 2.41. The summed E-state index contributed by atoms with van der Waals surface area (Å²) in [6.07, 6.45) is 10.2. The number of hydrogen-bond donors (Lipinski definition) is 4. The number of aromatic nitrogens is 4. The van der Waals surface area contributed by atoms with Crippen LogP contribution >= 0.6 is 0 Å². The molecule has 14 heteroatoms. The summed E-state index contributed by atoms with van der Waals surface area (Å²) in [4.78, 5) is 73.2. The lowest BCUT2D eigenvalue weighted by atomic mass is 9.77. The molecule has 3 aliphatic rings. The molecule has 1 aliphatic carbocycles. The maximum atomic E-state index is 13.8. The van der Waals surface area contributed by atoms with Gasteiger partial charge in [-0.25, -0.2) is 19.6 Å². The quantitative estimate of drug-likeness (QED) is 0.149. The van der Waals surface area contributed by atoms with Crippen LogP contribution in [-0.2, 0) is 19.1 Å². The number of nitrogens with one attached hydrogen (secondary N) is 4. The van der Waals surface area contributed by atoms with Gasteiger partial charge in [0.25, 0.3) is 0 Å². The predicted octanol–water partition coefficient (Wildman–Crippen LogP) is 8.67. The Hall–Kier alpha value is -4.88. The average molecular weight is 829 g/mol. The molecule has 1 saturated carbocycles. The van der Waals surface area contributed by atoms with Gasteiger partial charge < -0.3 is 39.9 Å². The van der Waals surface area contributed by atoms with Crippen molar-refractivity contribution in [2.24, 2.45) is 11.8 Å². The zero-order chi connectivity index (χ0) is 43.5. The zero-order valence-electron chi connectivity index (χ0n) is 37.4. The Labute approximate surface area is 355 Å². The maximum Gasteiger partial charge on any atom is 0.408 e. The number of hydrogen-bond acceptors (Lipinski definition) is 8. The van der Waals surface area contributed by atoms with E-state index in [-0.39, 0.29) is 35.7 Å². The zero-order valence-corrected chi connectivity index (χ0v) is 37.4. The van der Waals surface area contributed by atoms with Crippen LogP contribution in [0, 0.1) is 11.8 Å². The molecule has 3 fully saturated rings. The Morgan fingerprint density at radius 2 is 1.10 bits per heavy atom. The minimum Gasteiger partial charge on any atom is -0.444 e. The standard InChI is InChI=1S/C46H68N8O6/c1-27(2)37(51-43(57)59-45(5,6)7)41(55)53-23-11-13-35(53)39-47-25-33(49-39)31-19-15-29(16-20-31)30-17-21-32(22-18-30)34-26-48-40(50-34)36-14-12-24-54(36)42(56)38(28(3)4)52-44(58)60-46(8,9)10/h15-16,19-20,25-28,30,32,35-38H,11-14,17-18,21-24H2,1-10H3,(H,47,49)(H,48,50)(H,51,57)(H,52,58)/t30-,32+,35-,36-,37-,38-/m0/s1. The smallest absolute Gasteiger partial charge is 0.408 e. The molecule has 0 bridgehead atoms. The number of amides is 4. The topological polar surface area (TPSA) is 175 Å². The molecule has 2 saturated heterocycles. The predicted molar refractivity (Wildman–Crippen MR) is 230 cm³/mol. The van der Waals surface area contributed by atoms with E-state index < -0.39 is 35.5 Å². The van der Waals surface area contributed by atoms with Gasteiger partial charge in [-0.2, -0.15) is 0 Å². The minimum atomic E-state index is -0.699. The Bertz CT molecular complexity index is 1950. The Kier molecular flexibility index (Phi) is 13.7. The van der Waals surface area contributed by atoms with Gasteiger partial charge in [0.05, 0.1) is 24.0 Å². The number of alkyl carbamates (subject to hydrolysis) is 2. The number of benzene rings is 1. The number of imidazole rings is 2. The first-order chi connectivity index (χ1) is 28.3. The Morgan fingerprint density at radius 1 is 0.650 bits per heavy atom. The summed E-state index contributed by atoms with van der Waals surface area (Å²) >= 11 is 0. The first-order valence-electron chi connectivity index (χ1n) is 22.1. The SMILES string of the molecule is CC(C)[C@H](NC(=O)OC(C)(C)C)C(=O)N1CCC[C@H]1c1ncc(-c2ccc([C@H]3CC[C@@H](c4cnc([C@@H]5CCCN5C(=O)[C@@H](NC(=O)OC(C)(C)C)C(C)C)[nH]4)CC3)cc2)[nH]1. The van der Waals surface area contributed by atoms with Gasteiger partial charge >= 0.3 is 12.2 Å². The van der Waals surface area contributed by atoms with E-state index in [9.17, 15) is 19.2 Å². The summed E-state index contributed by atoms with van der Waals surface area (Å²) in [6, 6.07) is 7.02. The largest absolute Gasteiger partial charge is 0.444 e. The number of likely N-dealkylation sites (tertiary alicyclic amines) is 2. The molecule has 2 aromatic heterocycles. The molecule has 0 spiro atoms. The van der Waals surface area contributed by atoms with Gasteiger partial charge in [0.1, 0.15) is 34.9 Å². The summed E-state index contributed by atoms with van der Waals surface area (Å²) < 4.78 is 10.9. The first-order valence-corrected chi connectivity index (χ1v) is 22.1. The van der Waals surface area contributed by atoms with Crippen LogP contribution < -0.4 is 10.6 Å². The minimum absolute atomic E-state index is 0.101. The van der Waals surface area contributed by atoms with Crippen molar-refractivity contribution in [1.29, 1.82) is 0 Å². The van der Waals surface area contributed by atoms with E-state index in [4.69, 9.17) is 19.4 Å². The van der Waals surface area contributed by atoms with E-state index in [0.29, 0.717) is 24.9 Å². The molecule has 60 heavy (non-hydrogen) atoms. The normalized spacial score (nSPS) is 22.2. The van der Waals surface area contributed by atoms with E-state index in [1.807, 2.05) is 70.7 Å². The second kappa shape index (κ2) is 18.4. The molecule has 4 heterocycles. The molecule has 328 valence electrons. The molecule has 6 rings (SSSR count). The lowest BCUT2D eigenvalue weighted by molar-refractivity contribution is -0.136. The molecule has 3 aromatic rings. The number of H-pyrrole nitrogens is 2. The molecule has 4 amide bonds. The summed E-state index contributed by atoms with van der Waals surface area (Å²) in [5.74, 6) is 1.97. The van der Waals surface area contributed by atoms with Gasteiger partial charge in [-0.05, 0) is 122 Å². The van der Waals surface area contributed by atoms with Gasteiger partial charge in [0, 0.05) is 30.9 Å². The summed E-state index contributed by atoms with van der Waals surface area (Å²) in [5, 5.41) is 5.64. The third kappa shape index (κ3) is 10.9. The van der Waals surface area contributed by atoms with Gasteiger partial charge in [0.15, 0.2) is 0 Å². The lowest BCUT2D eigenvalue weighted by Crippen LogP contribution is -2.52. The average Bonchev–Trinajstić information content (AvgIpc) is 4.01. The fourth-order valence-electron chi connectivity index (χ4n) is 8.94. The van der Waals surface area contributed by atoms with Crippen LogP contribution in [0.5, 0.6) is 0 Å². The number of aromatic amines is 2. The molecule has 0 unspecified atom stereocenters. The number of rotatable bonds is 11. The van der Waals surface area contributed by atoms with Crippen molar-refractivity contribution in [3.8, 4) is 11.3 Å². The van der Waals surface area contributed by atoms with Crippen LogP contribution in [0.1, 0.15) is 167 Å². The van der Waals surface area contributed by atoms with Crippen LogP contribution in [0.4, 0.5) is 9.59 Å². The van der Waals surface area contributed by atoms with Gasteiger partial charge in [-0.15, -0.1) is 0 Å². The molecule has 0 radical (unpaired) electrons. The van der Waals surface area contributed by atoms with E-state index in [2.05, 4.69) is 44.9 Å². The maximum absolute atomic E-state index is 13.8. The van der Waals surface area contributed by atoms with Crippen molar-refractivity contribution in [2.75, 3.05) is 13.1 Å². The molecule has 1 aromatic carbocycles. The number of carbonyl (C=O) groups is 4. The van der Waals surface area contributed by atoms with E-state index in [1.165, 1.54) is 5.56 Å². The fourth-order valence-corrected chi connectivity index (χ4v) is 8.94. The monoisotopic (exact) mass is 829 g/mol. The Morgan fingerprint density at radius 3 is 1.57 bits per heavy atom. The van der Waals surface area contributed by atoms with Gasteiger partial charge in [-0.1, -0.05) is 52.0 Å². The molecule has 4 N–H and O–H groups in total. The van der Waals surface area contributed by atoms with Gasteiger partial charge in [0.2, 0.25) is 11.8 Å². The molecule has 14 nitrogen and oxygen atoms in total. The van der Waals surface area contributed by atoms with E-state index >= 15 is 0 Å². The van der Waals surface area contributed by atoms with E-state index in [0.717, 1.165) is 80.0 Å². The molecule has 2 aliphatic heterocycles. The summed E-state index contributed by atoms with van der Waals surface area (Å²) in [5.41, 5.74) is 3.09. The van der Waals surface area contributed by atoms with Crippen molar-refractivity contribution >= 4 is 24.0 Å². The van der Waals surface area contributed by atoms with Crippen molar-refractivity contribution in [1.82, 2.24) is 40.4 Å². The third-order valence-electron chi connectivity index (χ3n) is 12.0. The molecule has 4 atom stereocenters. The van der Waals surface area contributed by atoms with Crippen LogP contribution in [0.25, 0.3) is 11.3 Å². The first kappa shape index (κ1) is 44.7. The van der Waals surface area contributed by atoms with Crippen molar-refractivity contribution < 1.29 is 28.7 Å². The van der Waals surface area contributed by atoms with Crippen molar-refractivity contribution in [2.45, 2.75) is 168 Å². The molecular formula is C46H68N8O6. The summed E-state index contributed by atoms with van der Waals surface area (Å²) in [7, 11) is 0. The highest BCUT2D eigenvalue weighted by molar-refractivity contribution is 5.87. The second-order valence-electron chi connectivity index (χ2n) is 19.7. The highest BCUT2D eigenvalue weighted by Gasteiger charge is 2.40. The Balaban J connectivity index is 1.03. The van der Waals surface area contributed by atoms with Crippen LogP contribution in [0.2, 0.25) is 0 Å². The number of ether oxygens (including phenoxy) is 2. The number of nitrogens with zero attached hydrogens (tertiary/aromatic N) is 4. The molecular weight excluding hydrogens is 761 g/mol. The van der Waals surface area contributed by atoms with Crippen molar-refractivity contribution in [3.05, 3.63) is 59.6 Å². The van der Waals surface area contributed by atoms with Crippen LogP contribution in [-0.4, -0.2) is 90.1 Å². The second-order valence-corrected chi connectivity index (χ2v) is 19.7. The van der Waals surface area contributed by atoms with Crippen LogP contribution in [0.15, 0.2) is 36.7 Å². The van der Waals surface area contributed by atoms with E-state index in [1.54, 1.807) is 20.8 Å². The summed E-state index contributed by atoms with van der Waals surface area (Å²) in [6.45, 7) is 19.8. The fraction of sp³-hybridized carbons (Fsp3) is 0.652. The van der Waals surface area contributed by atoms with Crippen molar-refractivity contribution in [3.63, 3.8) is 0 Å². The van der Waals surface area contributed by atoms with Gasteiger partial charge in [-0.3, -0.25) is 9.59 Å².